The Labute approximate surface area is 187 Å². The lowest BCUT2D eigenvalue weighted by Gasteiger charge is -2.24. The normalized spacial score (nSPS) is 34.9. The summed E-state index contributed by atoms with van der Waals surface area (Å²) >= 11 is 2.21. The van der Waals surface area contributed by atoms with Crippen molar-refractivity contribution in [2.75, 3.05) is 7.11 Å². The Morgan fingerprint density at radius 3 is 2.76 bits per heavy atom. The number of carbonyl (C=O) groups is 1. The standard InChI is InChI=1S/C22H36FIO5/c1-4-5-7-13(2)16(25)11-10-14-17(26)12-18-20(14)21(23)22(29-18)15(24)8-6-9-19(27)28-3/h10-11,13-18,20-22,25-26H,4-9,12H2,1-3H3/b11-10+/t13?,14-,15?,16-,17+,18-,20+,21?,22?/m0/s1. The fraction of sp³-hybridized carbons (Fsp3) is 0.864. The minimum Gasteiger partial charge on any atom is -0.469 e. The predicted molar refractivity (Wildman–Crippen MR) is 119 cm³/mol. The molecular formula is C22H36FIO5. The minimum atomic E-state index is -1.17. The zero-order valence-corrected chi connectivity index (χ0v) is 19.8. The maximum atomic E-state index is 15.3. The van der Waals surface area contributed by atoms with Crippen LogP contribution >= 0.6 is 22.6 Å². The van der Waals surface area contributed by atoms with Crippen LogP contribution in [0.5, 0.6) is 0 Å². The van der Waals surface area contributed by atoms with E-state index in [4.69, 9.17) is 4.74 Å². The van der Waals surface area contributed by atoms with Crippen LogP contribution in [-0.4, -0.2) is 57.8 Å². The Morgan fingerprint density at radius 2 is 2.10 bits per heavy atom. The summed E-state index contributed by atoms with van der Waals surface area (Å²) in [5.74, 6) is -0.841. The molecule has 2 aliphatic rings. The summed E-state index contributed by atoms with van der Waals surface area (Å²) in [6.45, 7) is 4.14. The molecule has 2 rings (SSSR count). The summed E-state index contributed by atoms with van der Waals surface area (Å²) < 4.78 is 25.9. The van der Waals surface area contributed by atoms with E-state index in [9.17, 15) is 15.0 Å². The van der Waals surface area contributed by atoms with Crippen molar-refractivity contribution in [3.63, 3.8) is 0 Å². The van der Waals surface area contributed by atoms with Gasteiger partial charge in [0.2, 0.25) is 0 Å². The second-order valence-electron chi connectivity index (χ2n) is 8.52. The van der Waals surface area contributed by atoms with Crippen molar-refractivity contribution in [3.8, 4) is 0 Å². The van der Waals surface area contributed by atoms with Crippen molar-refractivity contribution in [2.24, 2.45) is 17.8 Å². The molecule has 0 aromatic heterocycles. The van der Waals surface area contributed by atoms with Gasteiger partial charge >= 0.3 is 5.97 Å². The van der Waals surface area contributed by atoms with Crippen molar-refractivity contribution >= 4 is 28.6 Å². The van der Waals surface area contributed by atoms with Gasteiger partial charge < -0.3 is 19.7 Å². The molecule has 0 bridgehead atoms. The van der Waals surface area contributed by atoms with Crippen molar-refractivity contribution in [1.82, 2.24) is 0 Å². The van der Waals surface area contributed by atoms with Crippen LogP contribution in [0.25, 0.3) is 0 Å². The van der Waals surface area contributed by atoms with E-state index in [1.54, 1.807) is 12.2 Å². The van der Waals surface area contributed by atoms with Gasteiger partial charge in [-0.25, -0.2) is 4.39 Å². The number of carbonyl (C=O) groups excluding carboxylic acids is 1. The van der Waals surface area contributed by atoms with Crippen LogP contribution < -0.4 is 0 Å². The van der Waals surface area contributed by atoms with Gasteiger partial charge in [-0.15, -0.1) is 0 Å². The molecule has 1 saturated heterocycles. The van der Waals surface area contributed by atoms with E-state index in [0.29, 0.717) is 25.7 Å². The first-order valence-corrected chi connectivity index (χ1v) is 12.1. The smallest absolute Gasteiger partial charge is 0.305 e. The van der Waals surface area contributed by atoms with E-state index >= 15 is 4.39 Å². The lowest BCUT2D eigenvalue weighted by molar-refractivity contribution is -0.140. The molecule has 1 saturated carbocycles. The van der Waals surface area contributed by atoms with E-state index in [-0.39, 0.29) is 33.8 Å². The lowest BCUT2D eigenvalue weighted by atomic mass is 9.86. The second kappa shape index (κ2) is 12.0. The Balaban J connectivity index is 1.93. The van der Waals surface area contributed by atoms with Gasteiger partial charge in [0.1, 0.15) is 12.3 Å². The molecule has 0 spiro atoms. The fourth-order valence-electron chi connectivity index (χ4n) is 4.49. The average molecular weight is 526 g/mol. The van der Waals surface area contributed by atoms with Gasteiger partial charge in [0.15, 0.2) is 0 Å². The third kappa shape index (κ3) is 6.61. The van der Waals surface area contributed by atoms with Gasteiger partial charge in [-0.3, -0.25) is 4.79 Å². The Bertz CT molecular complexity index is 545. The number of rotatable bonds is 11. The molecule has 0 aromatic rings. The number of alkyl halides is 2. The summed E-state index contributed by atoms with van der Waals surface area (Å²) in [6, 6.07) is 0. The maximum Gasteiger partial charge on any atom is 0.305 e. The van der Waals surface area contributed by atoms with Gasteiger partial charge in [0.05, 0.1) is 25.4 Å². The van der Waals surface area contributed by atoms with Crippen LogP contribution in [0.4, 0.5) is 4.39 Å². The molecule has 0 radical (unpaired) electrons. The number of unbranched alkanes of at least 4 members (excludes halogenated alkanes) is 1. The van der Waals surface area contributed by atoms with Gasteiger partial charge in [-0.05, 0) is 25.2 Å². The maximum absolute atomic E-state index is 15.3. The van der Waals surface area contributed by atoms with Gasteiger partial charge in [0, 0.05) is 28.6 Å². The highest BCUT2D eigenvalue weighted by atomic mass is 127. The molecule has 4 unspecified atom stereocenters. The molecule has 29 heavy (non-hydrogen) atoms. The van der Waals surface area contributed by atoms with Crippen LogP contribution in [0.2, 0.25) is 0 Å². The third-order valence-corrected chi connectivity index (χ3v) is 7.71. The molecule has 0 aromatic carbocycles. The molecule has 1 heterocycles. The first kappa shape index (κ1) is 25.0. The largest absolute Gasteiger partial charge is 0.469 e. The summed E-state index contributed by atoms with van der Waals surface area (Å²) in [5.41, 5.74) is 0. The van der Waals surface area contributed by atoms with Gasteiger partial charge in [0.25, 0.3) is 0 Å². The molecule has 0 amide bonds. The summed E-state index contributed by atoms with van der Waals surface area (Å²) in [4.78, 5) is 11.3. The van der Waals surface area contributed by atoms with Crippen LogP contribution in [0, 0.1) is 17.8 Å². The van der Waals surface area contributed by atoms with Crippen LogP contribution in [0.15, 0.2) is 12.2 Å². The zero-order valence-electron chi connectivity index (χ0n) is 17.7. The highest BCUT2D eigenvalue weighted by Gasteiger charge is 2.55. The Kier molecular flexibility index (Phi) is 10.3. The minimum absolute atomic E-state index is 0.0423. The quantitative estimate of drug-likeness (QED) is 0.185. The number of halogens is 2. The number of hydrogen-bond donors (Lipinski definition) is 2. The first-order chi connectivity index (χ1) is 13.8. The number of aliphatic hydroxyl groups is 2. The summed E-state index contributed by atoms with van der Waals surface area (Å²) in [5, 5.41) is 20.8. The lowest BCUT2D eigenvalue weighted by Crippen LogP contribution is -2.34. The molecule has 5 nitrogen and oxygen atoms in total. The highest BCUT2D eigenvalue weighted by molar-refractivity contribution is 14.1. The molecule has 7 heteroatoms. The van der Waals surface area contributed by atoms with Crippen molar-refractivity contribution in [3.05, 3.63) is 12.2 Å². The van der Waals surface area contributed by atoms with Gasteiger partial charge in [-0.2, -0.15) is 0 Å². The summed E-state index contributed by atoms with van der Waals surface area (Å²) in [7, 11) is 1.36. The Hall–Kier alpha value is -0.250. The zero-order chi connectivity index (χ0) is 21.6. The number of fused-ring (bicyclic) bond motifs is 1. The van der Waals surface area contributed by atoms with Crippen molar-refractivity contribution < 1.29 is 28.9 Å². The van der Waals surface area contributed by atoms with E-state index < -0.39 is 24.5 Å². The number of hydrogen-bond acceptors (Lipinski definition) is 5. The number of esters is 1. The van der Waals surface area contributed by atoms with Crippen molar-refractivity contribution in [1.29, 1.82) is 0 Å². The molecule has 1 aliphatic carbocycles. The SMILES string of the molecule is CCCCC(C)[C@@H](O)/C=C/[C@@H]1[C@H]2C(F)C(C(I)CCCC(=O)OC)O[C@H]2C[C@H]1O. The van der Waals surface area contributed by atoms with Crippen LogP contribution in [-0.2, 0) is 14.3 Å². The average Bonchev–Trinajstić information content (AvgIpc) is 3.18. The fourth-order valence-corrected chi connectivity index (χ4v) is 5.50. The highest BCUT2D eigenvalue weighted by Crippen LogP contribution is 2.47. The summed E-state index contributed by atoms with van der Waals surface area (Å²) in [6.07, 6.45) is 5.47. The predicted octanol–water partition coefficient (Wildman–Crippen LogP) is 3.98. The van der Waals surface area contributed by atoms with E-state index in [1.165, 1.54) is 7.11 Å². The second-order valence-corrected chi connectivity index (χ2v) is 10.1. The monoisotopic (exact) mass is 526 g/mol. The third-order valence-electron chi connectivity index (χ3n) is 6.38. The first-order valence-electron chi connectivity index (χ1n) is 10.8. The topological polar surface area (TPSA) is 76.0 Å². The molecule has 2 N–H and O–H groups in total. The van der Waals surface area contributed by atoms with E-state index in [1.807, 2.05) is 6.92 Å². The van der Waals surface area contributed by atoms with Crippen molar-refractivity contribution in [2.45, 2.75) is 93.3 Å². The molecule has 9 atom stereocenters. The number of methoxy groups -OCH3 is 1. The molecule has 2 fully saturated rings. The Morgan fingerprint density at radius 1 is 1.38 bits per heavy atom. The molecular weight excluding hydrogens is 490 g/mol. The number of aliphatic hydroxyl groups excluding tert-OH is 2. The molecule has 168 valence electrons. The van der Waals surface area contributed by atoms with Crippen LogP contribution in [0.1, 0.15) is 58.8 Å². The van der Waals surface area contributed by atoms with E-state index in [0.717, 1.165) is 19.3 Å². The molecule has 1 aliphatic heterocycles. The van der Waals surface area contributed by atoms with Gasteiger partial charge in [-0.1, -0.05) is 61.4 Å². The van der Waals surface area contributed by atoms with Crippen LogP contribution in [0.3, 0.4) is 0 Å². The number of ether oxygens (including phenoxy) is 2. The van der Waals surface area contributed by atoms with E-state index in [2.05, 4.69) is 34.3 Å².